The van der Waals surface area contributed by atoms with Crippen LogP contribution in [0.15, 0.2) is 23.0 Å². The summed E-state index contributed by atoms with van der Waals surface area (Å²) in [4.78, 5) is 47.2. The zero-order chi connectivity index (χ0) is 26.1. The third-order valence-corrected chi connectivity index (χ3v) is 5.34. The first-order chi connectivity index (χ1) is 16.6. The second-order valence-electron chi connectivity index (χ2n) is 8.02. The van der Waals surface area contributed by atoms with Crippen LogP contribution in [-0.2, 0) is 38.1 Å². The van der Waals surface area contributed by atoms with Crippen molar-refractivity contribution in [2.45, 2.75) is 82.7 Å². The summed E-state index contributed by atoms with van der Waals surface area (Å²) in [5, 5.41) is 47.9. The van der Waals surface area contributed by atoms with Gasteiger partial charge in [-0.25, -0.2) is 9.59 Å². The average molecular weight is 502 g/mol. The molecule has 0 aliphatic carbocycles. The summed E-state index contributed by atoms with van der Waals surface area (Å²) in [6.45, 7) is 0.866. The Morgan fingerprint density at radius 1 is 0.800 bits per heavy atom. The van der Waals surface area contributed by atoms with Crippen molar-refractivity contribution in [3.63, 3.8) is 0 Å². The molecule has 2 rings (SSSR count). The lowest BCUT2D eigenvalue weighted by Gasteiger charge is -2.14. The van der Waals surface area contributed by atoms with Crippen molar-refractivity contribution in [2.24, 2.45) is 0 Å². The van der Waals surface area contributed by atoms with E-state index in [2.05, 4.69) is 4.74 Å². The Bertz CT molecular complexity index is 805. The van der Waals surface area contributed by atoms with Crippen LogP contribution >= 0.6 is 0 Å². The third kappa shape index (κ3) is 7.41. The fourth-order valence-corrected chi connectivity index (χ4v) is 3.33. The summed E-state index contributed by atoms with van der Waals surface area (Å²) < 4.78 is 19.2. The van der Waals surface area contributed by atoms with Crippen LogP contribution < -0.4 is 0 Å². The molecule has 2 aliphatic rings. The molecule has 13 heteroatoms. The summed E-state index contributed by atoms with van der Waals surface area (Å²) >= 11 is 0. The Hall–Kier alpha value is -3.16. The van der Waals surface area contributed by atoms with Gasteiger partial charge in [0, 0.05) is 12.8 Å². The first-order valence-electron chi connectivity index (χ1n) is 11.3. The second kappa shape index (κ2) is 13.1. The molecule has 5 N–H and O–H groups in total. The van der Waals surface area contributed by atoms with E-state index in [9.17, 15) is 39.6 Å². The lowest BCUT2D eigenvalue weighted by atomic mass is 10.1. The van der Waals surface area contributed by atoms with E-state index in [0.717, 1.165) is 0 Å². The molecule has 35 heavy (non-hydrogen) atoms. The van der Waals surface area contributed by atoms with E-state index in [1.165, 1.54) is 0 Å². The number of rotatable bonds is 14. The highest BCUT2D eigenvalue weighted by molar-refractivity contribution is 5.93. The van der Waals surface area contributed by atoms with Crippen LogP contribution in [0.2, 0.25) is 0 Å². The molecule has 0 saturated heterocycles. The molecule has 0 amide bonds. The van der Waals surface area contributed by atoms with Crippen LogP contribution in [-0.4, -0.2) is 80.4 Å². The number of carbonyl (C=O) groups is 4. The van der Waals surface area contributed by atoms with E-state index >= 15 is 0 Å². The maximum absolute atomic E-state index is 11.9. The van der Waals surface area contributed by atoms with Gasteiger partial charge in [0.1, 0.15) is 6.10 Å². The summed E-state index contributed by atoms with van der Waals surface area (Å²) in [6, 6.07) is 0. The highest BCUT2D eigenvalue weighted by Crippen LogP contribution is 2.26. The van der Waals surface area contributed by atoms with Crippen LogP contribution in [0.5, 0.6) is 0 Å². The SMILES string of the molecule is CC[C@H](O)[C@H]1OC(=O)C(OC(=O)CCCCCCCC(=O)OC2=C(O)[C@@H]([C@@H](O)CO)OC2=O)=C1O. The number of esters is 4. The molecule has 0 aromatic carbocycles. The standard InChI is InChI=1S/C22H30O13/c1-2-11(24)17-15(28)19(21(30)34-17)32-13(26)8-6-4-3-5-7-9-14(27)33-20-16(29)18(12(25)10-23)35-22(20)31/h11-12,17-18,23-25,28-29H,2-10H2,1H3/t11-,12-,17+,18+/m0/s1. The number of cyclic esters (lactones) is 2. The number of unbranched alkanes of at least 4 members (excludes halogenated alkanes) is 4. The molecule has 0 spiro atoms. The maximum Gasteiger partial charge on any atom is 0.378 e. The molecule has 0 saturated carbocycles. The highest BCUT2D eigenvalue weighted by Gasteiger charge is 2.42. The van der Waals surface area contributed by atoms with Crippen LogP contribution in [0.3, 0.4) is 0 Å². The van der Waals surface area contributed by atoms with Crippen LogP contribution in [0.25, 0.3) is 0 Å². The number of ether oxygens (including phenoxy) is 4. The molecule has 2 heterocycles. The molecule has 0 unspecified atom stereocenters. The van der Waals surface area contributed by atoms with E-state index in [1.807, 2.05) is 0 Å². The Kier molecular flexibility index (Phi) is 10.5. The van der Waals surface area contributed by atoms with Crippen LogP contribution in [0.1, 0.15) is 58.3 Å². The Morgan fingerprint density at radius 3 is 1.60 bits per heavy atom. The minimum Gasteiger partial charge on any atom is -0.505 e. The smallest absolute Gasteiger partial charge is 0.378 e. The van der Waals surface area contributed by atoms with Gasteiger partial charge in [0.05, 0.1) is 12.7 Å². The molecule has 0 aromatic heterocycles. The zero-order valence-corrected chi connectivity index (χ0v) is 19.2. The van der Waals surface area contributed by atoms with Gasteiger partial charge < -0.3 is 44.5 Å². The largest absolute Gasteiger partial charge is 0.505 e. The van der Waals surface area contributed by atoms with Crippen LogP contribution in [0.4, 0.5) is 0 Å². The van der Waals surface area contributed by atoms with Gasteiger partial charge in [-0.2, -0.15) is 0 Å². The molecule has 2 aliphatic heterocycles. The van der Waals surface area contributed by atoms with Gasteiger partial charge >= 0.3 is 23.9 Å². The number of carbonyl (C=O) groups excluding carboxylic acids is 4. The van der Waals surface area contributed by atoms with Gasteiger partial charge in [0.25, 0.3) is 11.5 Å². The summed E-state index contributed by atoms with van der Waals surface area (Å²) in [5.74, 6) is -6.36. The predicted molar refractivity (Wildman–Crippen MR) is 113 cm³/mol. The summed E-state index contributed by atoms with van der Waals surface area (Å²) in [7, 11) is 0. The van der Waals surface area contributed by atoms with E-state index in [1.54, 1.807) is 6.92 Å². The fraction of sp³-hybridized carbons (Fsp3) is 0.636. The number of aliphatic hydroxyl groups excluding tert-OH is 5. The Balaban J connectivity index is 1.63. The van der Waals surface area contributed by atoms with Gasteiger partial charge in [-0.15, -0.1) is 0 Å². The first kappa shape index (κ1) is 28.1. The highest BCUT2D eigenvalue weighted by atomic mass is 16.6. The Labute approximate surface area is 200 Å². The predicted octanol–water partition coefficient (Wildman–Crippen LogP) is 0.318. The van der Waals surface area contributed by atoms with E-state index < -0.39 is 77.9 Å². The van der Waals surface area contributed by atoms with Crippen molar-refractivity contribution < 1.29 is 63.7 Å². The molecule has 0 fully saturated rings. The van der Waals surface area contributed by atoms with Crippen molar-refractivity contribution in [3.8, 4) is 0 Å². The first-order valence-corrected chi connectivity index (χ1v) is 11.3. The second-order valence-corrected chi connectivity index (χ2v) is 8.02. The zero-order valence-electron chi connectivity index (χ0n) is 19.2. The monoisotopic (exact) mass is 502 g/mol. The van der Waals surface area contributed by atoms with Crippen molar-refractivity contribution in [1.29, 1.82) is 0 Å². The minimum atomic E-state index is -1.55. The summed E-state index contributed by atoms with van der Waals surface area (Å²) in [6.07, 6.45) is -2.58. The average Bonchev–Trinajstić information content (AvgIpc) is 3.27. The van der Waals surface area contributed by atoms with Gasteiger partial charge in [-0.1, -0.05) is 26.2 Å². The molecule has 4 atom stereocenters. The molecular formula is C22H30O13. The molecule has 196 valence electrons. The lowest BCUT2D eigenvalue weighted by molar-refractivity contribution is -0.153. The maximum atomic E-state index is 11.9. The van der Waals surface area contributed by atoms with Gasteiger partial charge in [0.2, 0.25) is 0 Å². The molecular weight excluding hydrogens is 472 g/mol. The van der Waals surface area contributed by atoms with E-state index in [4.69, 9.17) is 19.3 Å². The van der Waals surface area contributed by atoms with Gasteiger partial charge in [0.15, 0.2) is 23.7 Å². The third-order valence-electron chi connectivity index (χ3n) is 5.34. The van der Waals surface area contributed by atoms with Crippen molar-refractivity contribution in [2.75, 3.05) is 6.61 Å². The molecule has 13 nitrogen and oxygen atoms in total. The number of hydrogen-bond acceptors (Lipinski definition) is 13. The van der Waals surface area contributed by atoms with Crippen molar-refractivity contribution in [1.82, 2.24) is 0 Å². The topological polar surface area (TPSA) is 206 Å². The number of hydrogen-bond donors (Lipinski definition) is 5. The minimum absolute atomic E-state index is 0.0243. The van der Waals surface area contributed by atoms with Crippen molar-refractivity contribution >= 4 is 23.9 Å². The van der Waals surface area contributed by atoms with Crippen molar-refractivity contribution in [3.05, 3.63) is 23.0 Å². The quantitative estimate of drug-likeness (QED) is 0.123. The molecule has 0 aromatic rings. The number of aliphatic hydroxyl groups is 5. The lowest BCUT2D eigenvalue weighted by Crippen LogP contribution is -2.31. The molecule has 0 bridgehead atoms. The van der Waals surface area contributed by atoms with Gasteiger partial charge in [-0.3, -0.25) is 9.59 Å². The van der Waals surface area contributed by atoms with E-state index in [-0.39, 0.29) is 19.3 Å². The Morgan fingerprint density at radius 2 is 1.20 bits per heavy atom. The normalized spacial score (nSPS) is 21.6. The van der Waals surface area contributed by atoms with E-state index in [0.29, 0.717) is 32.1 Å². The van der Waals surface area contributed by atoms with Gasteiger partial charge in [-0.05, 0) is 19.3 Å². The molecule has 0 radical (unpaired) electrons. The van der Waals surface area contributed by atoms with Crippen LogP contribution in [0, 0.1) is 0 Å². The fourth-order valence-electron chi connectivity index (χ4n) is 3.33. The summed E-state index contributed by atoms with van der Waals surface area (Å²) in [5.41, 5.74) is 0.